The van der Waals surface area contributed by atoms with Crippen molar-refractivity contribution in [1.82, 2.24) is 0 Å². The van der Waals surface area contributed by atoms with E-state index in [2.05, 4.69) is 15.9 Å². The standard InChI is InChI=1S/C11H14BrNO/c1-9-5-3-4-6-10(9)13(2)11(14)7-8-12/h3-6H,7-8H2,1-2H3. The van der Waals surface area contributed by atoms with Gasteiger partial charge in [-0.25, -0.2) is 0 Å². The molecule has 14 heavy (non-hydrogen) atoms. The number of carbonyl (C=O) groups is 1. The van der Waals surface area contributed by atoms with Gasteiger partial charge >= 0.3 is 0 Å². The molecule has 0 heterocycles. The van der Waals surface area contributed by atoms with Crippen LogP contribution in [-0.2, 0) is 4.79 Å². The van der Waals surface area contributed by atoms with Crippen LogP contribution in [0, 0.1) is 6.92 Å². The van der Waals surface area contributed by atoms with Crippen molar-refractivity contribution in [3.05, 3.63) is 29.8 Å². The number of nitrogens with zero attached hydrogens (tertiary/aromatic N) is 1. The van der Waals surface area contributed by atoms with Gasteiger partial charge in [0.25, 0.3) is 0 Å². The highest BCUT2D eigenvalue weighted by molar-refractivity contribution is 9.09. The highest BCUT2D eigenvalue weighted by Crippen LogP contribution is 2.18. The van der Waals surface area contributed by atoms with E-state index >= 15 is 0 Å². The Kier molecular flexibility index (Phi) is 4.14. The topological polar surface area (TPSA) is 20.3 Å². The van der Waals surface area contributed by atoms with E-state index in [0.717, 1.165) is 11.3 Å². The quantitative estimate of drug-likeness (QED) is 0.761. The minimum absolute atomic E-state index is 0.135. The number of hydrogen-bond donors (Lipinski definition) is 0. The fourth-order valence-electron chi connectivity index (χ4n) is 1.32. The summed E-state index contributed by atoms with van der Waals surface area (Å²) in [6.45, 7) is 2.01. The number of halogens is 1. The molecule has 0 aromatic heterocycles. The van der Waals surface area contributed by atoms with Gasteiger partial charge in [-0.1, -0.05) is 34.1 Å². The van der Waals surface area contributed by atoms with Gasteiger partial charge in [0.1, 0.15) is 0 Å². The number of amides is 1. The van der Waals surface area contributed by atoms with E-state index in [1.54, 1.807) is 4.90 Å². The third kappa shape index (κ3) is 2.58. The molecule has 0 saturated heterocycles. The van der Waals surface area contributed by atoms with Gasteiger partial charge in [-0.15, -0.1) is 0 Å². The number of para-hydroxylation sites is 1. The third-order valence-electron chi connectivity index (χ3n) is 2.16. The molecule has 76 valence electrons. The van der Waals surface area contributed by atoms with Crippen LogP contribution in [0.5, 0.6) is 0 Å². The van der Waals surface area contributed by atoms with Gasteiger partial charge in [0.05, 0.1) is 0 Å². The molecule has 0 N–H and O–H groups in total. The van der Waals surface area contributed by atoms with Crippen LogP contribution in [-0.4, -0.2) is 18.3 Å². The molecule has 0 aliphatic carbocycles. The van der Waals surface area contributed by atoms with Crippen molar-refractivity contribution in [1.29, 1.82) is 0 Å². The summed E-state index contributed by atoms with van der Waals surface area (Å²) in [6, 6.07) is 7.89. The molecule has 1 aromatic carbocycles. The SMILES string of the molecule is Cc1ccccc1N(C)C(=O)CCBr. The van der Waals surface area contributed by atoms with E-state index in [9.17, 15) is 4.79 Å². The molecule has 0 bridgehead atoms. The van der Waals surface area contributed by atoms with Crippen molar-refractivity contribution in [2.75, 3.05) is 17.3 Å². The lowest BCUT2D eigenvalue weighted by molar-refractivity contribution is -0.117. The van der Waals surface area contributed by atoms with Crippen LogP contribution >= 0.6 is 15.9 Å². The Labute approximate surface area is 93.0 Å². The molecule has 0 atom stereocenters. The Hall–Kier alpha value is -0.830. The summed E-state index contributed by atoms with van der Waals surface area (Å²) < 4.78 is 0. The van der Waals surface area contributed by atoms with Crippen molar-refractivity contribution < 1.29 is 4.79 Å². The maximum Gasteiger partial charge on any atom is 0.227 e. The van der Waals surface area contributed by atoms with Gasteiger partial charge in [0, 0.05) is 24.5 Å². The summed E-state index contributed by atoms with van der Waals surface area (Å²) in [7, 11) is 1.81. The number of anilines is 1. The minimum atomic E-state index is 0.135. The molecule has 0 saturated carbocycles. The van der Waals surface area contributed by atoms with E-state index < -0.39 is 0 Å². The first kappa shape index (κ1) is 11.2. The lowest BCUT2D eigenvalue weighted by Crippen LogP contribution is -2.26. The molecule has 0 fully saturated rings. The Morgan fingerprint density at radius 2 is 2.07 bits per heavy atom. The Bertz CT molecular complexity index is 325. The zero-order valence-corrected chi connectivity index (χ0v) is 10.0. The molecule has 0 spiro atoms. The van der Waals surface area contributed by atoms with Gasteiger partial charge in [-0.05, 0) is 18.6 Å². The van der Waals surface area contributed by atoms with E-state index in [-0.39, 0.29) is 5.91 Å². The molecule has 0 radical (unpaired) electrons. The van der Waals surface area contributed by atoms with Gasteiger partial charge < -0.3 is 4.90 Å². The van der Waals surface area contributed by atoms with E-state index in [0.29, 0.717) is 11.8 Å². The van der Waals surface area contributed by atoms with E-state index in [4.69, 9.17) is 0 Å². The first-order valence-electron chi connectivity index (χ1n) is 4.55. The lowest BCUT2D eigenvalue weighted by Gasteiger charge is -2.18. The van der Waals surface area contributed by atoms with E-state index in [1.165, 1.54) is 0 Å². The number of benzene rings is 1. The smallest absolute Gasteiger partial charge is 0.227 e. The van der Waals surface area contributed by atoms with Crippen LogP contribution in [0.15, 0.2) is 24.3 Å². The summed E-state index contributed by atoms with van der Waals surface area (Å²) >= 11 is 3.26. The molecule has 1 amide bonds. The second kappa shape index (κ2) is 5.15. The average Bonchev–Trinajstić information content (AvgIpc) is 2.18. The lowest BCUT2D eigenvalue weighted by atomic mass is 10.2. The summed E-state index contributed by atoms with van der Waals surface area (Å²) in [5, 5.41) is 0.710. The number of hydrogen-bond acceptors (Lipinski definition) is 1. The molecule has 2 nitrogen and oxygen atoms in total. The summed E-state index contributed by atoms with van der Waals surface area (Å²) in [5.74, 6) is 0.135. The zero-order valence-electron chi connectivity index (χ0n) is 8.46. The molecule has 3 heteroatoms. The molecular weight excluding hydrogens is 242 g/mol. The fourth-order valence-corrected chi connectivity index (χ4v) is 1.66. The monoisotopic (exact) mass is 255 g/mol. The van der Waals surface area contributed by atoms with Crippen molar-refractivity contribution in [3.8, 4) is 0 Å². The van der Waals surface area contributed by atoms with E-state index in [1.807, 2.05) is 38.2 Å². The van der Waals surface area contributed by atoms with Crippen LogP contribution in [0.4, 0.5) is 5.69 Å². The summed E-state index contributed by atoms with van der Waals surface area (Å²) in [6.07, 6.45) is 0.533. The summed E-state index contributed by atoms with van der Waals surface area (Å²) in [5.41, 5.74) is 2.11. The Morgan fingerprint density at radius 3 is 2.64 bits per heavy atom. The van der Waals surface area contributed by atoms with Crippen LogP contribution in [0.1, 0.15) is 12.0 Å². The first-order chi connectivity index (χ1) is 6.66. The van der Waals surface area contributed by atoms with Gasteiger partial charge in [-0.2, -0.15) is 0 Å². The molecule has 0 unspecified atom stereocenters. The highest BCUT2D eigenvalue weighted by atomic mass is 79.9. The number of alkyl halides is 1. The van der Waals surface area contributed by atoms with Crippen LogP contribution in [0.25, 0.3) is 0 Å². The van der Waals surface area contributed by atoms with Crippen LogP contribution < -0.4 is 4.90 Å². The number of aryl methyl sites for hydroxylation is 1. The third-order valence-corrected chi connectivity index (χ3v) is 2.56. The largest absolute Gasteiger partial charge is 0.315 e. The predicted molar refractivity (Wildman–Crippen MR) is 63.0 cm³/mol. The molecular formula is C11H14BrNO. The second-order valence-electron chi connectivity index (χ2n) is 3.18. The normalized spacial score (nSPS) is 9.93. The van der Waals surface area contributed by atoms with Crippen molar-refractivity contribution >= 4 is 27.5 Å². The predicted octanol–water partition coefficient (Wildman–Crippen LogP) is 2.74. The zero-order chi connectivity index (χ0) is 10.6. The Morgan fingerprint density at radius 1 is 1.43 bits per heavy atom. The van der Waals surface area contributed by atoms with Crippen LogP contribution in [0.3, 0.4) is 0 Å². The second-order valence-corrected chi connectivity index (χ2v) is 3.97. The maximum absolute atomic E-state index is 11.6. The average molecular weight is 256 g/mol. The van der Waals surface area contributed by atoms with Gasteiger partial charge in [-0.3, -0.25) is 4.79 Å². The number of carbonyl (C=O) groups excluding carboxylic acids is 1. The maximum atomic E-state index is 11.6. The van der Waals surface area contributed by atoms with Crippen molar-refractivity contribution in [2.24, 2.45) is 0 Å². The van der Waals surface area contributed by atoms with Crippen molar-refractivity contribution in [2.45, 2.75) is 13.3 Å². The first-order valence-corrected chi connectivity index (χ1v) is 5.67. The van der Waals surface area contributed by atoms with Gasteiger partial charge in [0.2, 0.25) is 5.91 Å². The highest BCUT2D eigenvalue weighted by Gasteiger charge is 2.10. The molecule has 0 aliphatic rings. The fraction of sp³-hybridized carbons (Fsp3) is 0.364. The Balaban J connectivity index is 2.84. The van der Waals surface area contributed by atoms with Gasteiger partial charge in [0.15, 0.2) is 0 Å². The molecule has 1 aromatic rings. The molecule has 1 rings (SSSR count). The number of rotatable bonds is 3. The minimum Gasteiger partial charge on any atom is -0.315 e. The van der Waals surface area contributed by atoms with Crippen molar-refractivity contribution in [3.63, 3.8) is 0 Å². The summed E-state index contributed by atoms with van der Waals surface area (Å²) in [4.78, 5) is 13.3. The molecule has 0 aliphatic heterocycles. The van der Waals surface area contributed by atoms with Crippen LogP contribution in [0.2, 0.25) is 0 Å².